The monoisotopic (exact) mass is 352 g/mol. The minimum absolute atomic E-state index is 0.118. The molecule has 1 radical (unpaired) electrons. The second kappa shape index (κ2) is 7.47. The Balaban J connectivity index is 1.62. The molecular weight excluding hydrogens is 326 g/mol. The molecule has 1 aromatic heterocycles. The zero-order valence-corrected chi connectivity index (χ0v) is 14.9. The maximum absolute atomic E-state index is 12.1. The van der Waals surface area contributed by atoms with Crippen LogP contribution in [0, 0.1) is 6.42 Å². The summed E-state index contributed by atoms with van der Waals surface area (Å²) >= 11 is 0. The number of nitrogens with zero attached hydrogens (tertiary/aromatic N) is 3. The van der Waals surface area contributed by atoms with E-state index in [-0.39, 0.29) is 13.1 Å². The molecule has 0 aromatic carbocycles. The lowest BCUT2D eigenvalue weighted by Crippen LogP contribution is -2.47. The highest BCUT2D eigenvalue weighted by Gasteiger charge is 2.37. The second-order valence-corrected chi connectivity index (χ2v) is 8.89. The summed E-state index contributed by atoms with van der Waals surface area (Å²) in [4.78, 5) is 6.40. The third kappa shape index (κ3) is 4.33. The van der Waals surface area contributed by atoms with Gasteiger partial charge in [-0.2, -0.15) is 4.31 Å². The van der Waals surface area contributed by atoms with E-state index in [0.717, 1.165) is 18.4 Å². The summed E-state index contributed by atoms with van der Waals surface area (Å²) in [5.41, 5.74) is 0.822. The summed E-state index contributed by atoms with van der Waals surface area (Å²) < 4.78 is 25.5. The summed E-state index contributed by atoms with van der Waals surface area (Å²) in [6, 6.07) is 4.67. The van der Waals surface area contributed by atoms with Gasteiger partial charge in [-0.1, -0.05) is 6.07 Å². The standard InChI is InChI=1S/C17H26N3O3S/c1-24(22,23)19(11-14-4-3-9-18-10-14)12-17(21)13-20-15-5-2-6-16(20)8-7-15/h2-4,9-10,15-17,21H,5-8,11-13H2,1H3/t15-,16+,17?. The molecule has 3 heterocycles. The van der Waals surface area contributed by atoms with Crippen LogP contribution in [0.15, 0.2) is 24.5 Å². The molecule has 0 aliphatic carbocycles. The SMILES string of the molecule is CS(=O)(=O)N(Cc1cccnc1)CC(O)CN1[C@@H]2C[CH]C[C@H]1CC2. The van der Waals surface area contributed by atoms with Gasteiger partial charge in [-0.3, -0.25) is 9.88 Å². The minimum atomic E-state index is -3.39. The molecule has 0 saturated carbocycles. The van der Waals surface area contributed by atoms with Crippen molar-refractivity contribution >= 4 is 10.0 Å². The Labute approximate surface area is 144 Å². The summed E-state index contributed by atoms with van der Waals surface area (Å²) in [6.07, 6.45) is 10.7. The molecule has 1 aromatic rings. The molecule has 6 nitrogen and oxygen atoms in total. The van der Waals surface area contributed by atoms with Crippen LogP contribution in [0.1, 0.15) is 31.2 Å². The van der Waals surface area contributed by atoms with Crippen LogP contribution in [0.25, 0.3) is 0 Å². The molecule has 1 unspecified atom stereocenters. The van der Waals surface area contributed by atoms with E-state index in [0.29, 0.717) is 18.6 Å². The lowest BCUT2D eigenvalue weighted by molar-refractivity contribution is 0.0605. The maximum Gasteiger partial charge on any atom is 0.211 e. The predicted molar refractivity (Wildman–Crippen MR) is 92.5 cm³/mol. The smallest absolute Gasteiger partial charge is 0.211 e. The summed E-state index contributed by atoms with van der Waals surface area (Å²) in [7, 11) is -3.39. The van der Waals surface area contributed by atoms with E-state index in [4.69, 9.17) is 0 Å². The van der Waals surface area contributed by atoms with Crippen LogP contribution in [-0.4, -0.2) is 65.2 Å². The fraction of sp³-hybridized carbons (Fsp3) is 0.647. The Hall–Kier alpha value is -1.02. The summed E-state index contributed by atoms with van der Waals surface area (Å²) in [5.74, 6) is 0. The first-order valence-corrected chi connectivity index (χ1v) is 10.4. The first-order chi connectivity index (χ1) is 11.4. The number of fused-ring (bicyclic) bond motifs is 2. The first-order valence-electron chi connectivity index (χ1n) is 8.53. The zero-order valence-electron chi connectivity index (χ0n) is 14.1. The van der Waals surface area contributed by atoms with Crippen molar-refractivity contribution in [1.82, 2.24) is 14.2 Å². The van der Waals surface area contributed by atoms with Gasteiger partial charge in [0, 0.05) is 44.1 Å². The van der Waals surface area contributed by atoms with Crippen molar-refractivity contribution in [3.05, 3.63) is 36.5 Å². The molecule has 2 aliphatic heterocycles. The molecular formula is C17H26N3O3S. The van der Waals surface area contributed by atoms with Crippen molar-refractivity contribution in [3.8, 4) is 0 Å². The van der Waals surface area contributed by atoms with Gasteiger partial charge in [0.2, 0.25) is 10.0 Å². The molecule has 7 heteroatoms. The van der Waals surface area contributed by atoms with Gasteiger partial charge in [-0.25, -0.2) is 8.42 Å². The average Bonchev–Trinajstić information content (AvgIpc) is 2.75. The second-order valence-electron chi connectivity index (χ2n) is 6.91. The number of aliphatic hydroxyl groups is 1. The summed E-state index contributed by atoms with van der Waals surface area (Å²) in [5, 5.41) is 10.5. The highest BCUT2D eigenvalue weighted by Crippen LogP contribution is 2.34. The molecule has 2 saturated heterocycles. The van der Waals surface area contributed by atoms with Crippen LogP contribution >= 0.6 is 0 Å². The van der Waals surface area contributed by atoms with E-state index in [9.17, 15) is 13.5 Å². The number of hydrogen-bond acceptors (Lipinski definition) is 5. The molecule has 3 rings (SSSR count). The molecule has 24 heavy (non-hydrogen) atoms. The Morgan fingerprint density at radius 1 is 1.38 bits per heavy atom. The molecule has 1 N–H and O–H groups in total. The van der Waals surface area contributed by atoms with Crippen molar-refractivity contribution in [3.63, 3.8) is 0 Å². The van der Waals surface area contributed by atoms with Gasteiger partial charge < -0.3 is 5.11 Å². The molecule has 2 fully saturated rings. The maximum atomic E-state index is 12.1. The molecule has 133 valence electrons. The molecule has 3 atom stereocenters. The quantitative estimate of drug-likeness (QED) is 0.794. The van der Waals surface area contributed by atoms with Gasteiger partial charge in [-0.05, 0) is 43.7 Å². The lowest BCUT2D eigenvalue weighted by atomic mass is 10.0. The van der Waals surface area contributed by atoms with Crippen molar-refractivity contribution < 1.29 is 13.5 Å². The van der Waals surface area contributed by atoms with Crippen LogP contribution in [0.5, 0.6) is 0 Å². The van der Waals surface area contributed by atoms with E-state index in [1.54, 1.807) is 18.5 Å². The lowest BCUT2D eigenvalue weighted by Gasteiger charge is -2.36. The van der Waals surface area contributed by atoms with E-state index in [1.807, 2.05) is 6.07 Å². The van der Waals surface area contributed by atoms with Crippen LogP contribution < -0.4 is 0 Å². The van der Waals surface area contributed by atoms with Crippen LogP contribution in [0.4, 0.5) is 0 Å². The number of aromatic nitrogens is 1. The van der Waals surface area contributed by atoms with Gasteiger partial charge in [0.15, 0.2) is 0 Å². The largest absolute Gasteiger partial charge is 0.390 e. The topological polar surface area (TPSA) is 73.7 Å². The molecule has 2 bridgehead atoms. The van der Waals surface area contributed by atoms with Gasteiger partial charge >= 0.3 is 0 Å². The molecule has 0 amide bonds. The van der Waals surface area contributed by atoms with E-state index in [2.05, 4.69) is 16.3 Å². The average molecular weight is 352 g/mol. The van der Waals surface area contributed by atoms with E-state index in [1.165, 1.54) is 23.4 Å². The van der Waals surface area contributed by atoms with Crippen molar-refractivity contribution in [2.75, 3.05) is 19.3 Å². The third-order valence-corrected chi connectivity index (χ3v) is 6.25. The van der Waals surface area contributed by atoms with Crippen molar-refractivity contribution in [2.45, 2.75) is 50.4 Å². The number of sulfonamides is 1. The molecule has 0 spiro atoms. The van der Waals surface area contributed by atoms with Crippen LogP contribution in [0.3, 0.4) is 0 Å². The number of pyridine rings is 1. The van der Waals surface area contributed by atoms with Gasteiger partial charge in [0.05, 0.1) is 12.4 Å². The minimum Gasteiger partial charge on any atom is -0.390 e. The number of aliphatic hydroxyl groups excluding tert-OH is 1. The van der Waals surface area contributed by atoms with E-state index >= 15 is 0 Å². The Kier molecular flexibility index (Phi) is 5.54. The Morgan fingerprint density at radius 3 is 2.67 bits per heavy atom. The number of piperidine rings is 1. The Morgan fingerprint density at radius 2 is 2.08 bits per heavy atom. The van der Waals surface area contributed by atoms with Crippen molar-refractivity contribution in [2.24, 2.45) is 0 Å². The van der Waals surface area contributed by atoms with Gasteiger partial charge in [0.1, 0.15) is 0 Å². The number of rotatable bonds is 7. The fourth-order valence-electron chi connectivity index (χ4n) is 3.85. The van der Waals surface area contributed by atoms with E-state index < -0.39 is 16.1 Å². The van der Waals surface area contributed by atoms with Gasteiger partial charge in [0.25, 0.3) is 0 Å². The van der Waals surface area contributed by atoms with Crippen LogP contribution in [-0.2, 0) is 16.6 Å². The normalized spacial score (nSPS) is 26.0. The van der Waals surface area contributed by atoms with Crippen molar-refractivity contribution in [1.29, 1.82) is 0 Å². The number of hydrogen-bond donors (Lipinski definition) is 1. The third-order valence-electron chi connectivity index (χ3n) is 5.04. The Bertz CT molecular complexity index is 622. The highest BCUT2D eigenvalue weighted by molar-refractivity contribution is 7.88. The van der Waals surface area contributed by atoms with Gasteiger partial charge in [-0.15, -0.1) is 0 Å². The van der Waals surface area contributed by atoms with Crippen LogP contribution in [0.2, 0.25) is 0 Å². The highest BCUT2D eigenvalue weighted by atomic mass is 32.2. The fourth-order valence-corrected chi connectivity index (χ4v) is 4.68. The predicted octanol–water partition coefficient (Wildman–Crippen LogP) is 1.04. The first kappa shape index (κ1) is 17.8. The molecule has 2 aliphatic rings. The summed E-state index contributed by atoms with van der Waals surface area (Å²) in [6.45, 7) is 0.903. The zero-order chi connectivity index (χ0) is 17.2.